The molecule has 8 heteroatoms. The molecule has 86 valence electrons. The predicted molar refractivity (Wildman–Crippen MR) is 49.9 cm³/mol. The Morgan fingerprint density at radius 2 is 1.69 bits per heavy atom. The lowest BCUT2D eigenvalue weighted by Gasteiger charge is -2.08. The number of hydrogen-bond donors (Lipinski definition) is 2. The molecule has 1 amide bonds. The van der Waals surface area contributed by atoms with Crippen molar-refractivity contribution in [3.63, 3.8) is 0 Å². The van der Waals surface area contributed by atoms with E-state index in [1.807, 2.05) is 0 Å². The highest BCUT2D eigenvalue weighted by Crippen LogP contribution is 2.05. The molecule has 16 heavy (non-hydrogen) atoms. The summed E-state index contributed by atoms with van der Waals surface area (Å²) >= 11 is 0. The van der Waals surface area contributed by atoms with Gasteiger partial charge in [-0.1, -0.05) is 18.2 Å². The van der Waals surface area contributed by atoms with Crippen molar-refractivity contribution in [2.24, 2.45) is 0 Å². The van der Waals surface area contributed by atoms with Crippen molar-refractivity contribution in [2.75, 3.05) is 0 Å². The average molecular weight is 243 g/mol. The molecular formula is C8H7N2O5S-. The molecule has 1 rings (SSSR count). The number of benzene rings is 1. The summed E-state index contributed by atoms with van der Waals surface area (Å²) in [5.41, 5.74) is 1.48. The van der Waals surface area contributed by atoms with E-state index in [2.05, 4.69) is 0 Å². The Morgan fingerprint density at radius 1 is 1.12 bits per heavy atom. The fourth-order valence-electron chi connectivity index (χ4n) is 0.823. The van der Waals surface area contributed by atoms with Gasteiger partial charge in [-0.2, -0.15) is 0 Å². The van der Waals surface area contributed by atoms with Crippen molar-refractivity contribution in [3.05, 3.63) is 30.3 Å². The third-order valence-corrected chi connectivity index (χ3v) is 2.80. The summed E-state index contributed by atoms with van der Waals surface area (Å²) in [6.07, 6.45) is 0. The first-order chi connectivity index (χ1) is 7.43. The number of carbonyl (C=O) groups excluding carboxylic acids is 2. The number of aliphatic carboxylic acids is 1. The second kappa shape index (κ2) is 4.73. The van der Waals surface area contributed by atoms with Gasteiger partial charge in [0.2, 0.25) is 0 Å². The molecule has 0 bridgehead atoms. The average Bonchev–Trinajstić information content (AvgIpc) is 2.27. The third kappa shape index (κ3) is 3.04. The first kappa shape index (κ1) is 12.1. The molecule has 2 N–H and O–H groups in total. The summed E-state index contributed by atoms with van der Waals surface area (Å²) in [6, 6.07) is 7.14. The van der Waals surface area contributed by atoms with Gasteiger partial charge >= 0.3 is 0 Å². The van der Waals surface area contributed by atoms with Gasteiger partial charge in [-0.25, -0.2) is 8.42 Å². The van der Waals surface area contributed by atoms with Gasteiger partial charge in [-0.15, -0.1) is 4.83 Å². The molecule has 0 heterocycles. The number of rotatable bonds is 3. The number of hydrogen-bond acceptors (Lipinski definition) is 5. The van der Waals surface area contributed by atoms with E-state index in [-0.39, 0.29) is 4.90 Å². The van der Waals surface area contributed by atoms with E-state index in [9.17, 15) is 23.1 Å². The number of nitrogens with one attached hydrogen (secondary N) is 2. The van der Waals surface area contributed by atoms with Gasteiger partial charge in [0.05, 0.1) is 4.90 Å². The number of carbonyl (C=O) groups is 2. The van der Waals surface area contributed by atoms with E-state index in [1.54, 1.807) is 10.9 Å². The normalized spacial score (nSPS) is 10.8. The SMILES string of the molecule is O=C([O-])C(=O)NNS(=O)(=O)c1ccccc1. The van der Waals surface area contributed by atoms with E-state index >= 15 is 0 Å². The van der Waals surface area contributed by atoms with Crippen molar-refractivity contribution >= 4 is 21.9 Å². The molecular weight excluding hydrogens is 236 g/mol. The topological polar surface area (TPSA) is 115 Å². The zero-order valence-electron chi connectivity index (χ0n) is 7.84. The molecule has 0 radical (unpaired) electrons. The van der Waals surface area contributed by atoms with Gasteiger partial charge in [0.1, 0.15) is 5.97 Å². The van der Waals surface area contributed by atoms with Gasteiger partial charge < -0.3 is 9.90 Å². The first-order valence-corrected chi connectivity index (χ1v) is 5.50. The minimum absolute atomic E-state index is 0.103. The summed E-state index contributed by atoms with van der Waals surface area (Å²) in [4.78, 5) is 22.0. The van der Waals surface area contributed by atoms with Crippen LogP contribution in [0.5, 0.6) is 0 Å². The second-order valence-corrected chi connectivity index (χ2v) is 4.34. The zero-order chi connectivity index (χ0) is 12.2. The largest absolute Gasteiger partial charge is 0.540 e. The minimum atomic E-state index is -3.96. The van der Waals surface area contributed by atoms with Crippen molar-refractivity contribution in [1.82, 2.24) is 10.3 Å². The molecule has 0 aliphatic rings. The Balaban J connectivity index is 2.75. The van der Waals surface area contributed by atoms with Crippen LogP contribution in [0.4, 0.5) is 0 Å². The molecule has 1 aromatic carbocycles. The summed E-state index contributed by atoms with van der Waals surface area (Å²) < 4.78 is 22.8. The molecule has 0 atom stereocenters. The molecule has 0 fully saturated rings. The summed E-state index contributed by atoms with van der Waals surface area (Å²) in [7, 11) is -3.96. The predicted octanol–water partition coefficient (Wildman–Crippen LogP) is -2.25. The van der Waals surface area contributed by atoms with Crippen molar-refractivity contribution in [3.8, 4) is 0 Å². The summed E-state index contributed by atoms with van der Waals surface area (Å²) in [5.74, 6) is -3.60. The molecule has 0 aliphatic carbocycles. The molecule has 1 aromatic rings. The Kier molecular flexibility index (Phi) is 3.59. The van der Waals surface area contributed by atoms with E-state index < -0.39 is 21.9 Å². The Labute approximate surface area is 91.1 Å². The van der Waals surface area contributed by atoms with Crippen LogP contribution in [0.3, 0.4) is 0 Å². The number of carboxylic acids is 1. The maximum atomic E-state index is 11.4. The van der Waals surface area contributed by atoms with Crippen LogP contribution < -0.4 is 15.4 Å². The molecule has 0 saturated carbocycles. The third-order valence-electron chi connectivity index (χ3n) is 1.54. The van der Waals surface area contributed by atoms with Crippen LogP contribution in [0.15, 0.2) is 35.2 Å². The molecule has 0 unspecified atom stereocenters. The van der Waals surface area contributed by atoms with E-state index in [0.29, 0.717) is 0 Å². The molecule has 0 saturated heterocycles. The molecule has 0 aromatic heterocycles. The molecule has 0 aliphatic heterocycles. The van der Waals surface area contributed by atoms with E-state index in [1.165, 1.54) is 29.7 Å². The Hall–Kier alpha value is -1.93. The summed E-state index contributed by atoms with van der Waals surface area (Å²) in [5, 5.41) is 9.99. The van der Waals surface area contributed by atoms with Crippen LogP contribution in [0.1, 0.15) is 0 Å². The fourth-order valence-corrected chi connectivity index (χ4v) is 1.68. The zero-order valence-corrected chi connectivity index (χ0v) is 8.65. The number of hydrazine groups is 1. The van der Waals surface area contributed by atoms with Gasteiger partial charge in [-0.05, 0) is 12.1 Å². The van der Waals surface area contributed by atoms with Crippen LogP contribution in [-0.4, -0.2) is 20.3 Å². The minimum Gasteiger partial charge on any atom is -0.540 e. The molecule has 0 spiro atoms. The Bertz CT molecular complexity index is 496. The lowest BCUT2D eigenvalue weighted by Crippen LogP contribution is -2.49. The standard InChI is InChI=1S/C8H8N2O5S/c11-7(8(12)13)9-10-16(14,15)6-4-2-1-3-5-6/h1-5,10H,(H,9,11)(H,12,13)/p-1. The number of amides is 1. The van der Waals surface area contributed by atoms with Crippen LogP contribution in [0.2, 0.25) is 0 Å². The van der Waals surface area contributed by atoms with Crippen LogP contribution in [-0.2, 0) is 19.6 Å². The van der Waals surface area contributed by atoms with Crippen LogP contribution >= 0.6 is 0 Å². The highest BCUT2D eigenvalue weighted by Gasteiger charge is 2.14. The monoisotopic (exact) mass is 243 g/mol. The van der Waals surface area contributed by atoms with Gasteiger partial charge in [0.15, 0.2) is 0 Å². The maximum absolute atomic E-state index is 11.4. The summed E-state index contributed by atoms with van der Waals surface area (Å²) in [6.45, 7) is 0. The van der Waals surface area contributed by atoms with Gasteiger partial charge in [-0.3, -0.25) is 10.2 Å². The molecule has 7 nitrogen and oxygen atoms in total. The van der Waals surface area contributed by atoms with E-state index in [0.717, 1.165) is 0 Å². The van der Waals surface area contributed by atoms with Gasteiger partial charge in [0, 0.05) is 0 Å². The number of carboxylic acid groups (broad SMARTS) is 1. The first-order valence-electron chi connectivity index (χ1n) is 4.01. The van der Waals surface area contributed by atoms with Crippen molar-refractivity contribution in [2.45, 2.75) is 4.90 Å². The lowest BCUT2D eigenvalue weighted by atomic mass is 10.4. The van der Waals surface area contributed by atoms with Crippen LogP contribution in [0.25, 0.3) is 0 Å². The maximum Gasteiger partial charge on any atom is 0.281 e. The Morgan fingerprint density at radius 3 is 2.19 bits per heavy atom. The fraction of sp³-hybridized carbons (Fsp3) is 0. The highest BCUT2D eigenvalue weighted by atomic mass is 32.2. The van der Waals surface area contributed by atoms with Crippen molar-refractivity contribution in [1.29, 1.82) is 0 Å². The number of sulfonamides is 1. The second-order valence-electron chi connectivity index (χ2n) is 2.66. The quantitative estimate of drug-likeness (QED) is 0.459. The van der Waals surface area contributed by atoms with E-state index in [4.69, 9.17) is 0 Å². The highest BCUT2D eigenvalue weighted by molar-refractivity contribution is 7.89. The van der Waals surface area contributed by atoms with Gasteiger partial charge in [0.25, 0.3) is 15.9 Å². The lowest BCUT2D eigenvalue weighted by molar-refractivity contribution is -0.300. The smallest absolute Gasteiger partial charge is 0.281 e. The van der Waals surface area contributed by atoms with Crippen molar-refractivity contribution < 1.29 is 23.1 Å². The van der Waals surface area contributed by atoms with Crippen LogP contribution in [0, 0.1) is 0 Å².